The van der Waals surface area contributed by atoms with Crippen molar-refractivity contribution in [3.8, 4) is 12.1 Å². The van der Waals surface area contributed by atoms with Crippen molar-refractivity contribution in [2.75, 3.05) is 13.2 Å². The molecule has 1 saturated heterocycles. The van der Waals surface area contributed by atoms with Crippen LogP contribution >= 0.6 is 15.9 Å². The minimum atomic E-state index is -1.47. The Hall–Kier alpha value is -1.93. The van der Waals surface area contributed by atoms with E-state index in [0.29, 0.717) is 13.2 Å². The molecule has 0 radical (unpaired) electrons. The smallest absolute Gasteiger partial charge is 0.293 e. The Morgan fingerprint density at radius 2 is 1.91 bits per heavy atom. The summed E-state index contributed by atoms with van der Waals surface area (Å²) in [4.78, 5) is 4.23. The number of hydrogen-bond donors (Lipinski definition) is 1. The summed E-state index contributed by atoms with van der Waals surface area (Å²) in [6.45, 7) is 0.648. The van der Waals surface area contributed by atoms with E-state index < -0.39 is 22.7 Å². The van der Waals surface area contributed by atoms with Gasteiger partial charge in [-0.2, -0.15) is 10.5 Å². The molecule has 4 rings (SSSR count). The molecule has 6 nitrogen and oxygen atoms in total. The van der Waals surface area contributed by atoms with Gasteiger partial charge in [0.25, 0.3) is 5.91 Å². The van der Waals surface area contributed by atoms with Crippen molar-refractivity contribution < 1.29 is 9.47 Å². The second kappa shape index (κ2) is 4.08. The molecule has 7 heteroatoms. The van der Waals surface area contributed by atoms with Crippen LogP contribution in [0.15, 0.2) is 33.7 Å². The van der Waals surface area contributed by atoms with Gasteiger partial charge in [0.1, 0.15) is 11.3 Å². The molecule has 3 atom stereocenters. The van der Waals surface area contributed by atoms with E-state index in [-0.39, 0.29) is 5.84 Å². The fourth-order valence-electron chi connectivity index (χ4n) is 3.89. The van der Waals surface area contributed by atoms with Crippen molar-refractivity contribution in [2.24, 2.45) is 21.6 Å². The van der Waals surface area contributed by atoms with Crippen molar-refractivity contribution in [3.63, 3.8) is 0 Å². The molecule has 1 aromatic rings. The Bertz CT molecular complexity index is 789. The van der Waals surface area contributed by atoms with Crippen LogP contribution in [0.25, 0.3) is 0 Å². The lowest BCUT2D eigenvalue weighted by atomic mass is 9.94. The van der Waals surface area contributed by atoms with Crippen molar-refractivity contribution in [1.29, 1.82) is 10.5 Å². The number of aliphatic imine (C=N–C) groups is 1. The number of nitrogens with two attached hydrogens (primary N) is 1. The van der Waals surface area contributed by atoms with E-state index in [9.17, 15) is 10.5 Å². The molecule has 1 aliphatic carbocycles. The summed E-state index contributed by atoms with van der Waals surface area (Å²) in [5.74, 6) is -1.80. The van der Waals surface area contributed by atoms with Crippen LogP contribution in [0.2, 0.25) is 0 Å². The SMILES string of the molecule is N#C[C@@]12C(N)=NC3(OCCO3)[C@]1(C#N)[C@H]2c1ccccc1Br. The zero-order valence-corrected chi connectivity index (χ0v) is 13.0. The van der Waals surface area contributed by atoms with E-state index in [1.54, 1.807) is 0 Å². The van der Waals surface area contributed by atoms with E-state index in [1.807, 2.05) is 24.3 Å². The summed E-state index contributed by atoms with van der Waals surface area (Å²) in [6.07, 6.45) is 0. The van der Waals surface area contributed by atoms with Crippen LogP contribution in [0.1, 0.15) is 11.5 Å². The molecule has 2 heterocycles. The van der Waals surface area contributed by atoms with Gasteiger partial charge in [-0.3, -0.25) is 0 Å². The summed E-state index contributed by atoms with van der Waals surface area (Å²) < 4.78 is 12.1. The van der Waals surface area contributed by atoms with Crippen molar-refractivity contribution in [2.45, 2.75) is 11.8 Å². The highest BCUT2D eigenvalue weighted by molar-refractivity contribution is 9.10. The molecule has 0 bridgehead atoms. The number of nitriles is 2. The van der Waals surface area contributed by atoms with E-state index >= 15 is 0 Å². The van der Waals surface area contributed by atoms with Gasteiger partial charge in [-0.25, -0.2) is 4.99 Å². The van der Waals surface area contributed by atoms with Gasteiger partial charge in [0.15, 0.2) is 5.41 Å². The molecular weight excluding hydrogens is 348 g/mol. The molecule has 0 unspecified atom stereocenters. The van der Waals surface area contributed by atoms with E-state index in [0.717, 1.165) is 10.0 Å². The van der Waals surface area contributed by atoms with Crippen LogP contribution in [0.3, 0.4) is 0 Å². The van der Waals surface area contributed by atoms with E-state index in [2.05, 4.69) is 33.1 Å². The normalized spacial score (nSPS) is 37.2. The number of nitrogens with zero attached hydrogens (tertiary/aromatic N) is 3. The lowest BCUT2D eigenvalue weighted by Gasteiger charge is -2.25. The summed E-state index contributed by atoms with van der Waals surface area (Å²) in [6, 6.07) is 12.0. The molecular formula is C15H11BrN4O2. The standard InChI is InChI=1S/C15H11BrN4O2/c16-10-4-2-1-3-9(10)11-13(7-17)12(19)20-15(14(11,13)8-18)21-5-6-22-15/h1-4,11H,5-6H2,(H2,19,20)/t11-,13+,14+/m0/s1. The van der Waals surface area contributed by atoms with Gasteiger partial charge in [-0.1, -0.05) is 34.1 Å². The van der Waals surface area contributed by atoms with Gasteiger partial charge in [0.05, 0.1) is 25.4 Å². The Kier molecular flexibility index (Phi) is 2.54. The molecule has 3 aliphatic rings. The van der Waals surface area contributed by atoms with Crippen LogP contribution in [-0.4, -0.2) is 25.0 Å². The number of ether oxygens (including phenoxy) is 2. The average molecular weight is 359 g/mol. The first-order valence-corrected chi connectivity index (χ1v) is 7.59. The molecule has 1 saturated carbocycles. The topological polar surface area (TPSA) is 104 Å². The van der Waals surface area contributed by atoms with Crippen LogP contribution in [0.5, 0.6) is 0 Å². The van der Waals surface area contributed by atoms with Crippen LogP contribution in [0, 0.1) is 33.5 Å². The van der Waals surface area contributed by atoms with E-state index in [4.69, 9.17) is 15.2 Å². The predicted octanol–water partition coefficient (Wildman–Crippen LogP) is 1.64. The number of halogens is 1. The Labute approximate surface area is 135 Å². The van der Waals surface area contributed by atoms with Crippen molar-refractivity contribution >= 4 is 21.8 Å². The number of rotatable bonds is 1. The van der Waals surface area contributed by atoms with Gasteiger partial charge in [0, 0.05) is 10.4 Å². The first-order valence-electron chi connectivity index (χ1n) is 6.80. The van der Waals surface area contributed by atoms with Gasteiger partial charge in [-0.15, -0.1) is 0 Å². The third-order valence-electron chi connectivity index (χ3n) is 4.82. The zero-order chi connectivity index (χ0) is 15.6. The summed E-state index contributed by atoms with van der Waals surface area (Å²) in [5.41, 5.74) is 4.43. The van der Waals surface area contributed by atoms with Gasteiger partial charge in [-0.05, 0) is 11.6 Å². The van der Waals surface area contributed by atoms with Crippen LogP contribution in [0.4, 0.5) is 0 Å². The third kappa shape index (κ3) is 1.17. The number of amidine groups is 1. The van der Waals surface area contributed by atoms with Gasteiger partial charge in [0.2, 0.25) is 0 Å². The summed E-state index contributed by atoms with van der Waals surface area (Å²) in [7, 11) is 0. The van der Waals surface area contributed by atoms with Crippen molar-refractivity contribution in [3.05, 3.63) is 34.3 Å². The molecule has 2 fully saturated rings. The second-order valence-electron chi connectivity index (χ2n) is 5.57. The molecule has 110 valence electrons. The number of hydrogen-bond acceptors (Lipinski definition) is 6. The molecule has 1 aromatic carbocycles. The highest BCUT2D eigenvalue weighted by atomic mass is 79.9. The first-order chi connectivity index (χ1) is 10.6. The van der Waals surface area contributed by atoms with Crippen LogP contribution in [-0.2, 0) is 9.47 Å². The average Bonchev–Trinajstić information content (AvgIpc) is 2.76. The monoisotopic (exact) mass is 358 g/mol. The zero-order valence-electron chi connectivity index (χ0n) is 11.4. The summed E-state index contributed by atoms with van der Waals surface area (Å²) in [5, 5.41) is 19.7. The van der Waals surface area contributed by atoms with E-state index in [1.165, 1.54) is 0 Å². The lowest BCUT2D eigenvalue weighted by molar-refractivity contribution is -0.184. The maximum atomic E-state index is 9.92. The highest BCUT2D eigenvalue weighted by Gasteiger charge is 2.94. The fourth-order valence-corrected chi connectivity index (χ4v) is 4.41. The summed E-state index contributed by atoms with van der Waals surface area (Å²) >= 11 is 3.49. The Morgan fingerprint density at radius 3 is 2.50 bits per heavy atom. The molecule has 2 N–H and O–H groups in total. The lowest BCUT2D eigenvalue weighted by Crippen LogP contribution is -2.38. The largest absolute Gasteiger partial charge is 0.386 e. The predicted molar refractivity (Wildman–Crippen MR) is 79.2 cm³/mol. The number of fused-ring (bicyclic) bond motifs is 2. The minimum Gasteiger partial charge on any atom is -0.386 e. The highest BCUT2D eigenvalue weighted by Crippen LogP contribution is 2.82. The van der Waals surface area contributed by atoms with Crippen LogP contribution < -0.4 is 5.73 Å². The Balaban J connectivity index is 1.97. The molecule has 2 aliphatic heterocycles. The van der Waals surface area contributed by atoms with Gasteiger partial charge >= 0.3 is 0 Å². The maximum Gasteiger partial charge on any atom is 0.293 e. The number of benzene rings is 1. The molecule has 0 amide bonds. The fraction of sp³-hybridized carbons (Fsp3) is 0.400. The quantitative estimate of drug-likeness (QED) is 0.821. The maximum absolute atomic E-state index is 9.92. The van der Waals surface area contributed by atoms with Gasteiger partial charge < -0.3 is 15.2 Å². The molecule has 22 heavy (non-hydrogen) atoms. The first kappa shape index (κ1) is 13.7. The third-order valence-corrected chi connectivity index (χ3v) is 5.54. The molecule has 1 spiro atoms. The van der Waals surface area contributed by atoms with Crippen molar-refractivity contribution in [1.82, 2.24) is 0 Å². The minimum absolute atomic E-state index is 0.110. The Morgan fingerprint density at radius 1 is 1.23 bits per heavy atom. The second-order valence-corrected chi connectivity index (χ2v) is 6.42. The molecule has 0 aromatic heterocycles.